The number of fused-ring (bicyclic) bond motifs is 1. The molecule has 3 rings (SSSR count). The number of carbonyl (C=O) groups excluding carboxylic acids is 1. The summed E-state index contributed by atoms with van der Waals surface area (Å²) in [4.78, 5) is 18.3. The molecule has 0 saturated carbocycles. The first-order valence-corrected chi connectivity index (χ1v) is 5.99. The average Bonchev–Trinajstić information content (AvgIpc) is 2.34. The molecule has 0 spiro atoms. The van der Waals surface area contributed by atoms with Gasteiger partial charge in [0.15, 0.2) is 0 Å². The Morgan fingerprint density at radius 2 is 2.06 bits per heavy atom. The van der Waals surface area contributed by atoms with Crippen LogP contribution >= 0.6 is 0 Å². The predicted octanol–water partition coefficient (Wildman–Crippen LogP) is 1.41. The van der Waals surface area contributed by atoms with Gasteiger partial charge in [0, 0.05) is 30.2 Å². The highest BCUT2D eigenvalue weighted by Gasteiger charge is 2.38. The van der Waals surface area contributed by atoms with Crippen LogP contribution in [0.1, 0.15) is 17.4 Å². The third-order valence-electron chi connectivity index (χ3n) is 3.27. The second-order valence-corrected chi connectivity index (χ2v) is 5.20. The van der Waals surface area contributed by atoms with Crippen LogP contribution in [0.15, 0.2) is 36.5 Å². The van der Waals surface area contributed by atoms with Gasteiger partial charge in [0.1, 0.15) is 5.69 Å². The summed E-state index contributed by atoms with van der Waals surface area (Å²) in [6.07, 6.45) is 1.68. The van der Waals surface area contributed by atoms with Crippen LogP contribution in [0.5, 0.6) is 0 Å². The summed E-state index contributed by atoms with van der Waals surface area (Å²) in [5.41, 5.74) is 6.19. The molecule has 4 nitrogen and oxygen atoms in total. The minimum absolute atomic E-state index is 0.0327. The lowest BCUT2D eigenvalue weighted by Gasteiger charge is -2.45. The summed E-state index contributed by atoms with van der Waals surface area (Å²) in [5, 5.41) is 1.93. The standard InChI is InChI=1S/C14H15N3O/c1-14(15)8-17(9-14)13(18)12-11-5-3-2-4-10(11)6-7-16-12/h2-7H,8-9,15H2,1H3. The third-order valence-corrected chi connectivity index (χ3v) is 3.27. The Hall–Kier alpha value is -1.94. The van der Waals surface area contributed by atoms with Crippen molar-refractivity contribution >= 4 is 16.7 Å². The van der Waals surface area contributed by atoms with Crippen molar-refractivity contribution in [3.8, 4) is 0 Å². The van der Waals surface area contributed by atoms with Crippen molar-refractivity contribution < 1.29 is 4.79 Å². The van der Waals surface area contributed by atoms with Gasteiger partial charge in [-0.1, -0.05) is 24.3 Å². The van der Waals surface area contributed by atoms with Gasteiger partial charge in [-0.2, -0.15) is 0 Å². The fourth-order valence-corrected chi connectivity index (χ4v) is 2.41. The molecule has 1 aliphatic heterocycles. The quantitative estimate of drug-likeness (QED) is 0.821. The third kappa shape index (κ3) is 1.75. The van der Waals surface area contributed by atoms with Crippen LogP contribution in [-0.4, -0.2) is 34.4 Å². The summed E-state index contributed by atoms with van der Waals surface area (Å²) in [6.45, 7) is 3.14. The summed E-state index contributed by atoms with van der Waals surface area (Å²) >= 11 is 0. The minimum Gasteiger partial charge on any atom is -0.333 e. The molecule has 2 aromatic rings. The zero-order valence-electron chi connectivity index (χ0n) is 10.3. The van der Waals surface area contributed by atoms with E-state index in [1.54, 1.807) is 11.1 Å². The second-order valence-electron chi connectivity index (χ2n) is 5.20. The van der Waals surface area contributed by atoms with Crippen LogP contribution in [0.3, 0.4) is 0 Å². The zero-order chi connectivity index (χ0) is 12.8. The van der Waals surface area contributed by atoms with E-state index in [0.717, 1.165) is 10.8 Å². The van der Waals surface area contributed by atoms with E-state index in [1.807, 2.05) is 37.3 Å². The lowest BCUT2D eigenvalue weighted by atomic mass is 9.93. The number of likely N-dealkylation sites (tertiary alicyclic amines) is 1. The Morgan fingerprint density at radius 1 is 1.33 bits per heavy atom. The van der Waals surface area contributed by atoms with Crippen molar-refractivity contribution in [3.05, 3.63) is 42.2 Å². The fraction of sp³-hybridized carbons (Fsp3) is 0.286. The van der Waals surface area contributed by atoms with E-state index in [9.17, 15) is 4.79 Å². The second kappa shape index (κ2) is 3.78. The van der Waals surface area contributed by atoms with Gasteiger partial charge in [-0.25, -0.2) is 0 Å². The van der Waals surface area contributed by atoms with Gasteiger partial charge in [0.2, 0.25) is 0 Å². The SMILES string of the molecule is CC1(N)CN(C(=O)c2nccc3ccccc23)C1. The predicted molar refractivity (Wildman–Crippen MR) is 70.2 cm³/mol. The molecular weight excluding hydrogens is 226 g/mol. The molecule has 1 aliphatic rings. The van der Waals surface area contributed by atoms with Crippen molar-refractivity contribution in [1.29, 1.82) is 0 Å². The van der Waals surface area contributed by atoms with Gasteiger partial charge in [-0.15, -0.1) is 0 Å². The molecule has 1 saturated heterocycles. The summed E-state index contributed by atoms with van der Waals surface area (Å²) in [7, 11) is 0. The largest absolute Gasteiger partial charge is 0.333 e. The average molecular weight is 241 g/mol. The smallest absolute Gasteiger partial charge is 0.273 e. The number of carbonyl (C=O) groups is 1. The number of nitrogens with two attached hydrogens (primary N) is 1. The highest BCUT2D eigenvalue weighted by atomic mass is 16.2. The van der Waals surface area contributed by atoms with E-state index in [-0.39, 0.29) is 11.4 Å². The van der Waals surface area contributed by atoms with E-state index < -0.39 is 0 Å². The van der Waals surface area contributed by atoms with Crippen LogP contribution in [0.2, 0.25) is 0 Å². The van der Waals surface area contributed by atoms with Gasteiger partial charge >= 0.3 is 0 Å². The maximum Gasteiger partial charge on any atom is 0.273 e. The van der Waals surface area contributed by atoms with Crippen molar-refractivity contribution in [3.63, 3.8) is 0 Å². The lowest BCUT2D eigenvalue weighted by molar-refractivity contribution is 0.0450. The van der Waals surface area contributed by atoms with Crippen molar-refractivity contribution in [2.45, 2.75) is 12.5 Å². The molecule has 92 valence electrons. The number of amides is 1. The van der Waals surface area contributed by atoms with Crippen LogP contribution in [0, 0.1) is 0 Å². The van der Waals surface area contributed by atoms with Crippen LogP contribution < -0.4 is 5.73 Å². The Morgan fingerprint density at radius 3 is 2.78 bits per heavy atom. The first-order chi connectivity index (χ1) is 8.57. The first-order valence-electron chi connectivity index (χ1n) is 5.99. The molecule has 2 N–H and O–H groups in total. The molecule has 0 aliphatic carbocycles. The molecule has 18 heavy (non-hydrogen) atoms. The van der Waals surface area contributed by atoms with Crippen molar-refractivity contribution in [2.24, 2.45) is 5.73 Å². The van der Waals surface area contributed by atoms with Gasteiger partial charge in [-0.05, 0) is 18.4 Å². The lowest BCUT2D eigenvalue weighted by Crippen LogP contribution is -2.66. The Balaban J connectivity index is 1.98. The molecule has 1 fully saturated rings. The molecule has 1 aromatic carbocycles. The number of rotatable bonds is 1. The molecule has 0 bridgehead atoms. The molecular formula is C14H15N3O. The molecule has 0 atom stereocenters. The van der Waals surface area contributed by atoms with Gasteiger partial charge < -0.3 is 10.6 Å². The van der Waals surface area contributed by atoms with E-state index in [0.29, 0.717) is 18.8 Å². The van der Waals surface area contributed by atoms with Crippen molar-refractivity contribution in [1.82, 2.24) is 9.88 Å². The molecule has 0 unspecified atom stereocenters. The van der Waals surface area contributed by atoms with E-state index >= 15 is 0 Å². The minimum atomic E-state index is -0.250. The number of nitrogens with zero attached hydrogens (tertiary/aromatic N) is 2. The molecule has 0 radical (unpaired) electrons. The van der Waals surface area contributed by atoms with Gasteiger partial charge in [-0.3, -0.25) is 9.78 Å². The zero-order valence-corrected chi connectivity index (χ0v) is 10.3. The monoisotopic (exact) mass is 241 g/mol. The molecule has 1 amide bonds. The fourth-order valence-electron chi connectivity index (χ4n) is 2.41. The topological polar surface area (TPSA) is 59.2 Å². The maximum absolute atomic E-state index is 12.3. The van der Waals surface area contributed by atoms with E-state index in [2.05, 4.69) is 4.98 Å². The number of benzene rings is 1. The number of pyridine rings is 1. The number of hydrogen-bond acceptors (Lipinski definition) is 3. The summed E-state index contributed by atoms with van der Waals surface area (Å²) in [6, 6.07) is 9.70. The Kier molecular flexibility index (Phi) is 2.35. The van der Waals surface area contributed by atoms with Crippen LogP contribution in [0.4, 0.5) is 0 Å². The maximum atomic E-state index is 12.3. The van der Waals surface area contributed by atoms with Gasteiger partial charge in [0.25, 0.3) is 5.91 Å². The van der Waals surface area contributed by atoms with E-state index in [1.165, 1.54) is 0 Å². The first kappa shape index (κ1) is 11.2. The Labute approximate surface area is 105 Å². The van der Waals surface area contributed by atoms with Crippen LogP contribution in [0.25, 0.3) is 10.8 Å². The molecule has 1 aromatic heterocycles. The normalized spacial score (nSPS) is 17.6. The van der Waals surface area contributed by atoms with Crippen LogP contribution in [-0.2, 0) is 0 Å². The van der Waals surface area contributed by atoms with Crippen molar-refractivity contribution in [2.75, 3.05) is 13.1 Å². The van der Waals surface area contributed by atoms with E-state index in [4.69, 9.17) is 5.73 Å². The summed E-state index contributed by atoms with van der Waals surface area (Å²) in [5.74, 6) is -0.0327. The Bertz CT molecular complexity index is 608. The molecule has 4 heteroatoms. The highest BCUT2D eigenvalue weighted by molar-refractivity contribution is 6.05. The number of aromatic nitrogens is 1. The summed E-state index contributed by atoms with van der Waals surface area (Å²) < 4.78 is 0. The number of hydrogen-bond donors (Lipinski definition) is 1. The van der Waals surface area contributed by atoms with Gasteiger partial charge in [0.05, 0.1) is 0 Å². The molecule has 2 heterocycles. The highest BCUT2D eigenvalue weighted by Crippen LogP contribution is 2.23.